The fourth-order valence-electron chi connectivity index (χ4n) is 5.38. The molecule has 0 aliphatic rings. The SMILES string of the molecule is CCCCOC(=O)C(CC(C)C(=O)Oc1ccc(C(C)(C)c2ccc(O)cc2)cc1)Oc1ccc(C(C)(C)c2ccc(O)cc2)cc1. The van der Waals surface area contributed by atoms with Gasteiger partial charge >= 0.3 is 11.9 Å². The van der Waals surface area contributed by atoms with Gasteiger partial charge in [-0.2, -0.15) is 0 Å². The first-order valence-corrected chi connectivity index (χ1v) is 16.2. The van der Waals surface area contributed by atoms with Gasteiger partial charge in [0.1, 0.15) is 23.0 Å². The lowest BCUT2D eigenvalue weighted by molar-refractivity contribution is -0.153. The number of phenols is 2. The molecule has 0 amide bonds. The molecule has 248 valence electrons. The molecule has 4 rings (SSSR count). The van der Waals surface area contributed by atoms with E-state index >= 15 is 0 Å². The van der Waals surface area contributed by atoms with E-state index in [1.165, 1.54) is 0 Å². The molecule has 2 unspecified atom stereocenters. The van der Waals surface area contributed by atoms with E-state index in [1.807, 2.05) is 67.6 Å². The summed E-state index contributed by atoms with van der Waals surface area (Å²) in [6.45, 7) is 12.4. The van der Waals surface area contributed by atoms with Gasteiger partial charge in [-0.25, -0.2) is 4.79 Å². The van der Waals surface area contributed by atoms with E-state index in [1.54, 1.807) is 43.3 Å². The van der Waals surface area contributed by atoms with Crippen LogP contribution in [0.1, 0.15) is 83.1 Å². The van der Waals surface area contributed by atoms with Gasteiger partial charge in [0.25, 0.3) is 0 Å². The monoisotopic (exact) mass is 638 g/mol. The molecule has 0 aliphatic carbocycles. The Morgan fingerprint density at radius 3 is 1.47 bits per heavy atom. The topological polar surface area (TPSA) is 102 Å². The van der Waals surface area contributed by atoms with Crippen molar-refractivity contribution < 1.29 is 34.0 Å². The third kappa shape index (κ3) is 8.94. The normalized spacial score (nSPS) is 13.0. The van der Waals surface area contributed by atoms with Crippen LogP contribution in [0, 0.1) is 5.92 Å². The number of benzene rings is 4. The van der Waals surface area contributed by atoms with Crippen molar-refractivity contribution in [2.24, 2.45) is 5.92 Å². The zero-order chi connectivity index (χ0) is 34.2. The fourth-order valence-corrected chi connectivity index (χ4v) is 5.38. The molecule has 7 heteroatoms. The van der Waals surface area contributed by atoms with Crippen molar-refractivity contribution in [3.63, 3.8) is 0 Å². The molecule has 4 aromatic carbocycles. The number of esters is 2. The van der Waals surface area contributed by atoms with Crippen molar-refractivity contribution in [3.8, 4) is 23.0 Å². The Labute approximate surface area is 278 Å². The molecule has 0 saturated heterocycles. The second kappa shape index (κ2) is 15.2. The third-order valence-corrected chi connectivity index (χ3v) is 8.80. The Kier molecular flexibility index (Phi) is 11.3. The van der Waals surface area contributed by atoms with Crippen LogP contribution in [0.5, 0.6) is 23.0 Å². The lowest BCUT2D eigenvalue weighted by Crippen LogP contribution is -2.34. The third-order valence-electron chi connectivity index (χ3n) is 8.80. The van der Waals surface area contributed by atoms with Crippen LogP contribution in [-0.2, 0) is 25.2 Å². The zero-order valence-electron chi connectivity index (χ0n) is 28.2. The number of rotatable bonds is 14. The summed E-state index contributed by atoms with van der Waals surface area (Å²) in [6, 6.07) is 29.1. The van der Waals surface area contributed by atoms with E-state index in [-0.39, 0.29) is 35.4 Å². The Bertz CT molecular complexity index is 1600. The number of hydrogen-bond acceptors (Lipinski definition) is 7. The number of hydrogen-bond donors (Lipinski definition) is 2. The molecule has 0 saturated carbocycles. The predicted octanol–water partition coefficient (Wildman–Crippen LogP) is 8.47. The number of phenolic OH excluding ortho intramolecular Hbond substituents is 2. The number of carbonyl (C=O) groups is 2. The Morgan fingerprint density at radius 1 is 0.638 bits per heavy atom. The molecule has 0 bridgehead atoms. The highest BCUT2D eigenvalue weighted by Crippen LogP contribution is 2.35. The van der Waals surface area contributed by atoms with Gasteiger partial charge in [-0.3, -0.25) is 4.79 Å². The van der Waals surface area contributed by atoms with Gasteiger partial charge in [0.2, 0.25) is 0 Å². The van der Waals surface area contributed by atoms with Gasteiger partial charge in [0.05, 0.1) is 12.5 Å². The van der Waals surface area contributed by atoms with Crippen LogP contribution in [0.2, 0.25) is 0 Å². The summed E-state index contributed by atoms with van der Waals surface area (Å²) in [7, 11) is 0. The highest BCUT2D eigenvalue weighted by molar-refractivity contribution is 5.78. The first-order valence-electron chi connectivity index (χ1n) is 16.2. The number of aromatic hydroxyl groups is 2. The van der Waals surface area contributed by atoms with Crippen molar-refractivity contribution in [3.05, 3.63) is 119 Å². The average molecular weight is 639 g/mol. The van der Waals surface area contributed by atoms with E-state index in [0.717, 1.165) is 35.1 Å². The van der Waals surface area contributed by atoms with Crippen molar-refractivity contribution >= 4 is 11.9 Å². The molecule has 2 atom stereocenters. The quantitative estimate of drug-likeness (QED) is 0.0811. The predicted molar refractivity (Wildman–Crippen MR) is 183 cm³/mol. The van der Waals surface area contributed by atoms with Gasteiger partial charge in [-0.05, 0) is 77.2 Å². The summed E-state index contributed by atoms with van der Waals surface area (Å²) < 4.78 is 17.3. The molecule has 7 nitrogen and oxygen atoms in total. The van der Waals surface area contributed by atoms with Gasteiger partial charge in [0.15, 0.2) is 6.10 Å². The maximum absolute atomic E-state index is 13.2. The molecule has 4 aromatic rings. The molecule has 0 radical (unpaired) electrons. The van der Waals surface area contributed by atoms with E-state index in [0.29, 0.717) is 11.5 Å². The highest BCUT2D eigenvalue weighted by atomic mass is 16.6. The minimum absolute atomic E-state index is 0.0799. The molecular formula is C40H46O7. The van der Waals surface area contributed by atoms with E-state index < -0.39 is 24.0 Å². The summed E-state index contributed by atoms with van der Waals surface area (Å²) in [4.78, 5) is 26.3. The minimum atomic E-state index is -1.00. The Hall–Kier alpha value is -4.78. The first kappa shape index (κ1) is 35.1. The van der Waals surface area contributed by atoms with Crippen LogP contribution in [0.4, 0.5) is 0 Å². The minimum Gasteiger partial charge on any atom is -0.508 e. The Morgan fingerprint density at radius 2 is 1.04 bits per heavy atom. The number of unbranched alkanes of at least 4 members (excludes halogenated alkanes) is 1. The molecule has 0 heterocycles. The fraction of sp³-hybridized carbons (Fsp3) is 0.350. The molecular weight excluding hydrogens is 592 g/mol. The maximum atomic E-state index is 13.2. The molecule has 0 spiro atoms. The Balaban J connectivity index is 1.43. The van der Waals surface area contributed by atoms with Crippen LogP contribution in [-0.4, -0.2) is 34.9 Å². The van der Waals surface area contributed by atoms with Gasteiger partial charge < -0.3 is 24.4 Å². The van der Waals surface area contributed by atoms with Gasteiger partial charge in [-0.1, -0.05) is 96.5 Å². The largest absolute Gasteiger partial charge is 0.508 e. The lowest BCUT2D eigenvalue weighted by atomic mass is 9.78. The zero-order valence-corrected chi connectivity index (χ0v) is 28.2. The second-order valence-electron chi connectivity index (χ2n) is 13.1. The summed E-state index contributed by atoms with van der Waals surface area (Å²) in [5.41, 5.74) is 3.49. The van der Waals surface area contributed by atoms with E-state index in [2.05, 4.69) is 27.7 Å². The van der Waals surface area contributed by atoms with Crippen molar-refractivity contribution in [1.82, 2.24) is 0 Å². The number of ether oxygens (including phenoxy) is 3. The highest BCUT2D eigenvalue weighted by Gasteiger charge is 2.30. The maximum Gasteiger partial charge on any atom is 0.347 e. The lowest BCUT2D eigenvalue weighted by Gasteiger charge is -2.27. The molecule has 0 fully saturated rings. The standard InChI is InChI=1S/C40H46O7/c1-7-8-25-45-38(44)36(46-34-21-13-30(14-22-34)39(3,4)28-9-17-32(41)18-10-28)26-27(2)37(43)47-35-23-15-31(16-24-35)40(5,6)29-11-19-33(42)20-12-29/h9-24,27,36,41-42H,7-8,25-26H2,1-6H3. The van der Waals surface area contributed by atoms with Gasteiger partial charge in [0, 0.05) is 17.3 Å². The first-order chi connectivity index (χ1) is 22.3. The van der Waals surface area contributed by atoms with Crippen molar-refractivity contribution in [2.75, 3.05) is 6.61 Å². The summed E-state index contributed by atoms with van der Waals surface area (Å²) >= 11 is 0. The van der Waals surface area contributed by atoms with Crippen molar-refractivity contribution in [2.45, 2.75) is 77.7 Å². The molecule has 0 aromatic heterocycles. The molecule has 0 aliphatic heterocycles. The van der Waals surface area contributed by atoms with Crippen LogP contribution >= 0.6 is 0 Å². The molecule has 47 heavy (non-hydrogen) atoms. The average Bonchev–Trinajstić information content (AvgIpc) is 3.05. The molecule has 2 N–H and O–H groups in total. The van der Waals surface area contributed by atoms with E-state index in [4.69, 9.17) is 14.2 Å². The van der Waals surface area contributed by atoms with Crippen LogP contribution in [0.25, 0.3) is 0 Å². The van der Waals surface area contributed by atoms with Crippen LogP contribution in [0.3, 0.4) is 0 Å². The van der Waals surface area contributed by atoms with Crippen molar-refractivity contribution in [1.29, 1.82) is 0 Å². The number of carbonyl (C=O) groups excluding carboxylic acids is 2. The summed E-state index contributed by atoms with van der Waals surface area (Å²) in [6.07, 6.45) is 0.691. The van der Waals surface area contributed by atoms with E-state index in [9.17, 15) is 19.8 Å². The van der Waals surface area contributed by atoms with Crippen LogP contribution < -0.4 is 9.47 Å². The van der Waals surface area contributed by atoms with Crippen LogP contribution in [0.15, 0.2) is 97.1 Å². The summed E-state index contributed by atoms with van der Waals surface area (Å²) in [5.74, 6) is -0.329. The smallest absolute Gasteiger partial charge is 0.347 e. The van der Waals surface area contributed by atoms with Gasteiger partial charge in [-0.15, -0.1) is 0 Å². The summed E-state index contributed by atoms with van der Waals surface area (Å²) in [5, 5.41) is 19.3. The second-order valence-corrected chi connectivity index (χ2v) is 13.1.